The first-order valence-electron chi connectivity index (χ1n) is 14.0. The number of aliphatic hydroxyl groups is 1. The normalized spacial score (nSPS) is 17.4. The van der Waals surface area contributed by atoms with Crippen LogP contribution in [0, 0.1) is 0 Å². The van der Waals surface area contributed by atoms with Crippen LogP contribution in [0.1, 0.15) is 48.8 Å². The van der Waals surface area contributed by atoms with E-state index in [1.807, 2.05) is 79.7 Å². The molecule has 0 aliphatic carbocycles. The number of rotatable bonds is 10. The Bertz CT molecular complexity index is 1620. The highest BCUT2D eigenvalue weighted by Gasteiger charge is 2.45. The Morgan fingerprint density at radius 3 is 2.19 bits per heavy atom. The molecule has 1 aliphatic rings. The lowest BCUT2D eigenvalue weighted by Gasteiger charge is -2.44. The Balaban J connectivity index is 1.58. The van der Waals surface area contributed by atoms with Crippen LogP contribution in [0.2, 0.25) is 0 Å². The number of benzene rings is 3. The number of carbonyl (C=O) groups is 1. The van der Waals surface area contributed by atoms with E-state index in [0.29, 0.717) is 17.7 Å². The second-order valence-electron chi connectivity index (χ2n) is 10.3. The van der Waals surface area contributed by atoms with E-state index in [2.05, 4.69) is 4.98 Å². The van der Waals surface area contributed by atoms with E-state index in [9.17, 15) is 18.3 Å². The molecule has 4 aromatic rings. The number of aromatic nitrogens is 1. The lowest BCUT2D eigenvalue weighted by Crippen LogP contribution is -2.42. The Morgan fingerprint density at radius 2 is 1.62 bits per heavy atom. The van der Waals surface area contributed by atoms with Gasteiger partial charge < -0.3 is 14.6 Å². The molecule has 0 saturated heterocycles. The fraction of sp³-hybridized carbons (Fsp3) is 0.235. The first-order valence-corrected chi connectivity index (χ1v) is 15.4. The predicted octanol–water partition coefficient (Wildman–Crippen LogP) is 6.53. The Hall–Kier alpha value is -4.27. The molecule has 2 heterocycles. The van der Waals surface area contributed by atoms with Crippen LogP contribution in [0.3, 0.4) is 0 Å². The fourth-order valence-electron chi connectivity index (χ4n) is 5.83. The maximum Gasteiger partial charge on any atom is 0.281 e. The summed E-state index contributed by atoms with van der Waals surface area (Å²) in [5, 5.41) is 11.8. The van der Waals surface area contributed by atoms with Crippen LogP contribution in [0.25, 0.3) is 0 Å². The number of hydrogen-bond acceptors (Lipinski definition) is 6. The molecule has 0 fully saturated rings. The number of nitrogens with zero attached hydrogens (tertiary/aromatic N) is 2. The van der Waals surface area contributed by atoms with Gasteiger partial charge in [0.1, 0.15) is 11.9 Å². The van der Waals surface area contributed by atoms with Gasteiger partial charge in [-0.1, -0.05) is 85.8 Å². The first kappa shape index (κ1) is 29.2. The molecule has 0 bridgehead atoms. The number of aldehydes is 1. The molecule has 2 atom stereocenters. The average molecular weight is 583 g/mol. The zero-order valence-electron chi connectivity index (χ0n) is 23.6. The van der Waals surface area contributed by atoms with Gasteiger partial charge in [-0.05, 0) is 47.4 Å². The van der Waals surface area contributed by atoms with Crippen LogP contribution in [0.4, 0.5) is 5.69 Å². The van der Waals surface area contributed by atoms with Gasteiger partial charge in [-0.15, -0.1) is 0 Å². The first-order chi connectivity index (χ1) is 20.3. The fourth-order valence-corrected chi connectivity index (χ4v) is 6.95. The third-order valence-corrected chi connectivity index (χ3v) is 9.61. The van der Waals surface area contributed by atoms with Crippen LogP contribution < -0.4 is 4.31 Å². The van der Waals surface area contributed by atoms with Gasteiger partial charge in [0.15, 0.2) is 5.03 Å². The topological polar surface area (TPSA) is 96.8 Å². The summed E-state index contributed by atoms with van der Waals surface area (Å²) in [5.74, 6) is -0.141. The molecule has 5 rings (SSSR count). The van der Waals surface area contributed by atoms with Crippen molar-refractivity contribution in [1.29, 1.82) is 0 Å². The van der Waals surface area contributed by atoms with Gasteiger partial charge in [0.25, 0.3) is 10.0 Å². The minimum atomic E-state index is -3.88. The number of carbonyl (C=O) groups excluding carboxylic acids is 1. The minimum absolute atomic E-state index is 0.0461. The number of anilines is 1. The van der Waals surface area contributed by atoms with Crippen molar-refractivity contribution in [2.24, 2.45) is 0 Å². The van der Waals surface area contributed by atoms with Crippen LogP contribution in [0.5, 0.6) is 0 Å². The molecular weight excluding hydrogens is 548 g/mol. The molecule has 8 heteroatoms. The summed E-state index contributed by atoms with van der Waals surface area (Å²) in [6.45, 7) is 2.00. The van der Waals surface area contributed by atoms with Gasteiger partial charge in [-0.2, -0.15) is 8.42 Å². The summed E-state index contributed by atoms with van der Waals surface area (Å²) in [6, 6.07) is 31.5. The van der Waals surface area contributed by atoms with E-state index < -0.39 is 21.7 Å². The summed E-state index contributed by atoms with van der Waals surface area (Å²) in [4.78, 5) is 16.0. The van der Waals surface area contributed by atoms with E-state index >= 15 is 0 Å². The van der Waals surface area contributed by atoms with Gasteiger partial charge >= 0.3 is 0 Å². The maximum absolute atomic E-state index is 13.3. The number of hydrogen-bond donors (Lipinski definition) is 1. The molecule has 0 amide bonds. The van der Waals surface area contributed by atoms with Crippen molar-refractivity contribution in [3.63, 3.8) is 0 Å². The third kappa shape index (κ3) is 5.47. The molecule has 0 spiro atoms. The van der Waals surface area contributed by atoms with Gasteiger partial charge in [-0.3, -0.25) is 4.31 Å². The standard InChI is InChI=1S/C34H34N2O5S/c1-3-29(25-13-12-18-28(23-25)36(2)42(39,40)32-19-10-11-21-35-32)33-30(38)24-34(41-31(33)20-22-37,26-14-6-4-7-15-26)27-16-8-5-9-17-27/h4-19,21-23,29,31,38H,3,20,24H2,1-2H3. The van der Waals surface area contributed by atoms with Crippen molar-refractivity contribution in [3.05, 3.63) is 137 Å². The highest BCUT2D eigenvalue weighted by molar-refractivity contribution is 7.92. The van der Waals surface area contributed by atoms with Crippen molar-refractivity contribution < 1.29 is 23.1 Å². The van der Waals surface area contributed by atoms with Gasteiger partial charge in [0, 0.05) is 37.6 Å². The smallest absolute Gasteiger partial charge is 0.281 e. The van der Waals surface area contributed by atoms with Crippen molar-refractivity contribution in [2.45, 2.75) is 48.8 Å². The van der Waals surface area contributed by atoms with E-state index in [1.165, 1.54) is 23.6 Å². The van der Waals surface area contributed by atoms with E-state index in [4.69, 9.17) is 4.74 Å². The maximum atomic E-state index is 13.3. The van der Waals surface area contributed by atoms with Gasteiger partial charge in [0.05, 0.1) is 17.6 Å². The van der Waals surface area contributed by atoms with Crippen LogP contribution >= 0.6 is 0 Å². The molecule has 216 valence electrons. The largest absolute Gasteiger partial charge is 0.512 e. The van der Waals surface area contributed by atoms with Gasteiger partial charge in [-0.25, -0.2) is 4.98 Å². The summed E-state index contributed by atoms with van der Waals surface area (Å²) in [5.41, 5.74) is 2.69. The Kier molecular flexibility index (Phi) is 8.56. The molecule has 1 aliphatic heterocycles. The molecule has 42 heavy (non-hydrogen) atoms. The molecule has 3 aromatic carbocycles. The van der Waals surface area contributed by atoms with Crippen LogP contribution in [0.15, 0.2) is 126 Å². The summed E-state index contributed by atoms with van der Waals surface area (Å²) >= 11 is 0. The lowest BCUT2D eigenvalue weighted by molar-refractivity contribution is -0.116. The van der Waals surface area contributed by atoms with Crippen LogP contribution in [-0.4, -0.2) is 37.9 Å². The van der Waals surface area contributed by atoms with Crippen molar-refractivity contribution in [2.75, 3.05) is 11.4 Å². The van der Waals surface area contributed by atoms with Crippen molar-refractivity contribution in [1.82, 2.24) is 4.98 Å². The second kappa shape index (κ2) is 12.3. The predicted molar refractivity (Wildman–Crippen MR) is 163 cm³/mol. The SMILES string of the molecule is CCC(C1=C(O)CC(c2ccccc2)(c2ccccc2)OC1CC=O)c1cccc(N(C)S(=O)(=O)c2ccccn2)c1. The van der Waals surface area contributed by atoms with Crippen molar-refractivity contribution >= 4 is 22.0 Å². The zero-order valence-corrected chi connectivity index (χ0v) is 24.4. The van der Waals surface area contributed by atoms with Crippen LogP contribution in [-0.2, 0) is 25.2 Å². The van der Waals surface area contributed by atoms with E-state index in [-0.39, 0.29) is 29.5 Å². The van der Waals surface area contributed by atoms with E-state index in [1.54, 1.807) is 24.3 Å². The summed E-state index contributed by atoms with van der Waals surface area (Å²) in [7, 11) is -2.39. The highest BCUT2D eigenvalue weighted by Crippen LogP contribution is 2.49. The molecule has 0 radical (unpaired) electrons. The number of sulfonamides is 1. The second-order valence-corrected chi connectivity index (χ2v) is 12.3. The minimum Gasteiger partial charge on any atom is -0.512 e. The molecule has 1 N–H and O–H groups in total. The average Bonchev–Trinajstić information content (AvgIpc) is 3.03. The summed E-state index contributed by atoms with van der Waals surface area (Å²) in [6.07, 6.45) is 2.42. The highest BCUT2D eigenvalue weighted by atomic mass is 32.2. The zero-order chi connectivity index (χ0) is 29.7. The number of aliphatic hydroxyl groups excluding tert-OH is 1. The molecule has 2 unspecified atom stereocenters. The Morgan fingerprint density at radius 1 is 0.976 bits per heavy atom. The number of ether oxygens (including phenoxy) is 1. The van der Waals surface area contributed by atoms with Crippen molar-refractivity contribution in [3.8, 4) is 0 Å². The van der Waals surface area contributed by atoms with E-state index in [0.717, 1.165) is 23.0 Å². The quantitative estimate of drug-likeness (QED) is 0.214. The van der Waals surface area contributed by atoms with Gasteiger partial charge in [0.2, 0.25) is 0 Å². The molecule has 7 nitrogen and oxygen atoms in total. The molecule has 0 saturated carbocycles. The third-order valence-electron chi connectivity index (χ3n) is 7.91. The monoisotopic (exact) mass is 582 g/mol. The molecular formula is C34H34N2O5S. The lowest BCUT2D eigenvalue weighted by atomic mass is 9.75. The summed E-state index contributed by atoms with van der Waals surface area (Å²) < 4.78 is 34.6. The number of pyridine rings is 1. The Labute approximate surface area is 247 Å². The molecule has 1 aromatic heterocycles.